The van der Waals surface area contributed by atoms with Crippen LogP contribution in [0.15, 0.2) is 35.4 Å². The van der Waals surface area contributed by atoms with Crippen molar-refractivity contribution >= 4 is 5.91 Å². The van der Waals surface area contributed by atoms with Crippen LogP contribution in [0.1, 0.15) is 53.5 Å². The molecule has 7 nitrogen and oxygen atoms in total. The maximum atomic E-state index is 12.4. The van der Waals surface area contributed by atoms with Crippen LogP contribution in [-0.4, -0.2) is 44.9 Å². The smallest absolute Gasteiger partial charge is 0.263 e. The van der Waals surface area contributed by atoms with E-state index in [2.05, 4.69) is 25.2 Å². The number of carbonyl (C=O) groups is 1. The number of likely N-dealkylation sites (tertiary alicyclic amines) is 1. The summed E-state index contributed by atoms with van der Waals surface area (Å²) < 4.78 is 0. The van der Waals surface area contributed by atoms with E-state index < -0.39 is 0 Å². The molecular formula is C19H23N5O2. The molecule has 1 saturated heterocycles. The van der Waals surface area contributed by atoms with Gasteiger partial charge >= 0.3 is 0 Å². The molecule has 2 aromatic heterocycles. The number of pyridine rings is 1. The number of aromatic nitrogens is 3. The van der Waals surface area contributed by atoms with Gasteiger partial charge in [-0.25, -0.2) is 4.98 Å². The normalized spacial score (nSPS) is 18.6. The molecule has 136 valence electrons. The Morgan fingerprint density at radius 3 is 2.65 bits per heavy atom. The van der Waals surface area contributed by atoms with E-state index in [-0.39, 0.29) is 23.1 Å². The van der Waals surface area contributed by atoms with E-state index in [1.807, 2.05) is 24.4 Å². The van der Waals surface area contributed by atoms with E-state index in [0.717, 1.165) is 51.0 Å². The molecule has 0 radical (unpaired) electrons. The lowest BCUT2D eigenvalue weighted by Crippen LogP contribution is -2.45. The third-order valence-electron chi connectivity index (χ3n) is 5.06. The maximum absolute atomic E-state index is 12.4. The van der Waals surface area contributed by atoms with Gasteiger partial charge in [0.1, 0.15) is 11.4 Å². The predicted molar refractivity (Wildman–Crippen MR) is 96.8 cm³/mol. The fourth-order valence-electron chi connectivity index (χ4n) is 3.35. The number of piperidine rings is 1. The molecular weight excluding hydrogens is 330 g/mol. The van der Waals surface area contributed by atoms with Crippen LogP contribution in [0.2, 0.25) is 0 Å². The van der Waals surface area contributed by atoms with Crippen LogP contribution in [0, 0.1) is 0 Å². The molecule has 1 aliphatic heterocycles. The molecule has 26 heavy (non-hydrogen) atoms. The number of nitrogens with zero attached hydrogens (tertiary/aromatic N) is 3. The molecule has 3 heterocycles. The van der Waals surface area contributed by atoms with E-state index in [1.165, 1.54) is 6.20 Å². The van der Waals surface area contributed by atoms with Crippen LogP contribution in [0.5, 0.6) is 0 Å². The predicted octanol–water partition coefficient (Wildman–Crippen LogP) is 1.44. The van der Waals surface area contributed by atoms with Crippen molar-refractivity contribution in [3.05, 3.63) is 58.0 Å². The van der Waals surface area contributed by atoms with Gasteiger partial charge in [0, 0.05) is 44.0 Å². The number of amides is 1. The zero-order chi connectivity index (χ0) is 17.9. The average molecular weight is 353 g/mol. The highest BCUT2D eigenvalue weighted by molar-refractivity contribution is 5.93. The fourth-order valence-corrected chi connectivity index (χ4v) is 3.35. The number of aromatic amines is 1. The molecule has 0 atom stereocenters. The quantitative estimate of drug-likeness (QED) is 0.849. The molecule has 0 unspecified atom stereocenters. The van der Waals surface area contributed by atoms with Gasteiger partial charge in [0.2, 0.25) is 0 Å². The third kappa shape index (κ3) is 3.99. The Labute approximate surface area is 151 Å². The molecule has 0 spiro atoms. The van der Waals surface area contributed by atoms with Crippen LogP contribution in [0.3, 0.4) is 0 Å². The minimum Gasteiger partial charge on any atom is -0.349 e. The lowest BCUT2D eigenvalue weighted by molar-refractivity contribution is 0.0906. The molecule has 0 aromatic carbocycles. The van der Waals surface area contributed by atoms with Crippen molar-refractivity contribution in [1.82, 2.24) is 25.2 Å². The van der Waals surface area contributed by atoms with Gasteiger partial charge in [0.05, 0.1) is 5.69 Å². The molecule has 2 aliphatic rings. The zero-order valence-corrected chi connectivity index (χ0v) is 14.6. The van der Waals surface area contributed by atoms with Crippen molar-refractivity contribution in [3.8, 4) is 0 Å². The molecule has 7 heteroatoms. The van der Waals surface area contributed by atoms with Crippen molar-refractivity contribution in [2.45, 2.75) is 44.2 Å². The number of nitrogens with one attached hydrogen (secondary N) is 2. The molecule has 1 saturated carbocycles. The molecule has 1 aliphatic carbocycles. The summed E-state index contributed by atoms with van der Waals surface area (Å²) in [4.78, 5) is 38.2. The molecule has 1 amide bonds. The molecule has 0 bridgehead atoms. The Balaban J connectivity index is 1.30. The van der Waals surface area contributed by atoms with E-state index in [4.69, 9.17) is 0 Å². The zero-order valence-electron chi connectivity index (χ0n) is 14.6. The Morgan fingerprint density at radius 2 is 2.00 bits per heavy atom. The van der Waals surface area contributed by atoms with Gasteiger partial charge in [-0.3, -0.25) is 19.5 Å². The van der Waals surface area contributed by atoms with Crippen molar-refractivity contribution in [2.24, 2.45) is 0 Å². The van der Waals surface area contributed by atoms with E-state index in [0.29, 0.717) is 11.7 Å². The van der Waals surface area contributed by atoms with Crippen LogP contribution < -0.4 is 10.9 Å². The van der Waals surface area contributed by atoms with Crippen molar-refractivity contribution in [1.29, 1.82) is 0 Å². The highest BCUT2D eigenvalue weighted by atomic mass is 16.2. The standard InChI is InChI=1S/C19H23N5O2/c25-18(16-11-21-17(13-4-5-13)23-19(16)26)22-14-6-9-24(10-7-14)12-15-3-1-2-8-20-15/h1-3,8,11,13-14H,4-7,9-10,12H2,(H,22,25)(H,21,23,26). The Kier molecular flexibility index (Phi) is 4.79. The highest BCUT2D eigenvalue weighted by Gasteiger charge is 2.27. The summed E-state index contributed by atoms with van der Waals surface area (Å²) in [6, 6.07) is 6.03. The van der Waals surface area contributed by atoms with Gasteiger partial charge in [0.25, 0.3) is 11.5 Å². The van der Waals surface area contributed by atoms with E-state index >= 15 is 0 Å². The van der Waals surface area contributed by atoms with E-state index in [1.54, 1.807) is 0 Å². The first-order valence-corrected chi connectivity index (χ1v) is 9.21. The maximum Gasteiger partial charge on any atom is 0.263 e. The fraction of sp³-hybridized carbons (Fsp3) is 0.474. The molecule has 2 N–H and O–H groups in total. The minimum atomic E-state index is -0.341. The Hall–Kier alpha value is -2.54. The number of H-pyrrole nitrogens is 1. The van der Waals surface area contributed by atoms with Crippen LogP contribution in [0.25, 0.3) is 0 Å². The van der Waals surface area contributed by atoms with Crippen LogP contribution in [-0.2, 0) is 6.54 Å². The SMILES string of the molecule is O=C(NC1CCN(Cc2ccccn2)CC1)c1cnc(C2CC2)[nH]c1=O. The lowest BCUT2D eigenvalue weighted by atomic mass is 10.0. The minimum absolute atomic E-state index is 0.0880. The van der Waals surface area contributed by atoms with Crippen LogP contribution >= 0.6 is 0 Å². The van der Waals surface area contributed by atoms with Gasteiger partial charge in [-0.15, -0.1) is 0 Å². The summed E-state index contributed by atoms with van der Waals surface area (Å²) >= 11 is 0. The van der Waals surface area contributed by atoms with Crippen LogP contribution in [0.4, 0.5) is 0 Å². The summed E-state index contributed by atoms with van der Waals surface area (Å²) in [6.07, 6.45) is 7.08. The second-order valence-corrected chi connectivity index (χ2v) is 7.13. The first kappa shape index (κ1) is 16.9. The number of rotatable bonds is 5. The van der Waals surface area contributed by atoms with Crippen molar-refractivity contribution < 1.29 is 4.79 Å². The van der Waals surface area contributed by atoms with Gasteiger partial charge < -0.3 is 10.3 Å². The highest BCUT2D eigenvalue weighted by Crippen LogP contribution is 2.37. The summed E-state index contributed by atoms with van der Waals surface area (Å²) in [5, 5.41) is 2.98. The summed E-state index contributed by atoms with van der Waals surface area (Å²) in [5.74, 6) is 0.738. The van der Waals surface area contributed by atoms with Crippen molar-refractivity contribution in [3.63, 3.8) is 0 Å². The number of hydrogen-bond acceptors (Lipinski definition) is 5. The topological polar surface area (TPSA) is 91.0 Å². The second-order valence-electron chi connectivity index (χ2n) is 7.13. The number of carbonyl (C=O) groups excluding carboxylic acids is 1. The second kappa shape index (κ2) is 7.37. The number of hydrogen-bond donors (Lipinski definition) is 2. The van der Waals surface area contributed by atoms with E-state index in [9.17, 15) is 9.59 Å². The molecule has 4 rings (SSSR count). The monoisotopic (exact) mass is 353 g/mol. The first-order chi connectivity index (χ1) is 12.7. The first-order valence-electron chi connectivity index (χ1n) is 9.21. The molecule has 2 aromatic rings. The molecule has 2 fully saturated rings. The third-order valence-corrected chi connectivity index (χ3v) is 5.06. The van der Waals surface area contributed by atoms with Gasteiger partial charge in [-0.2, -0.15) is 0 Å². The summed E-state index contributed by atoms with van der Waals surface area (Å²) in [7, 11) is 0. The van der Waals surface area contributed by atoms with Gasteiger partial charge in [-0.05, 0) is 37.8 Å². The lowest BCUT2D eigenvalue weighted by Gasteiger charge is -2.32. The van der Waals surface area contributed by atoms with Gasteiger partial charge in [0.15, 0.2) is 0 Å². The van der Waals surface area contributed by atoms with Crippen molar-refractivity contribution in [2.75, 3.05) is 13.1 Å². The summed E-state index contributed by atoms with van der Waals surface area (Å²) in [6.45, 7) is 2.63. The Morgan fingerprint density at radius 1 is 1.19 bits per heavy atom. The summed E-state index contributed by atoms with van der Waals surface area (Å²) in [5.41, 5.74) is 0.820. The average Bonchev–Trinajstić information content (AvgIpc) is 3.49. The van der Waals surface area contributed by atoms with Gasteiger partial charge in [-0.1, -0.05) is 6.07 Å². The Bertz CT molecular complexity index is 823. The largest absolute Gasteiger partial charge is 0.349 e.